The van der Waals surface area contributed by atoms with E-state index in [1.807, 2.05) is 0 Å². The molecule has 0 saturated heterocycles. The van der Waals surface area contributed by atoms with Gasteiger partial charge >= 0.3 is 12.2 Å². The number of nitrogen functional groups attached to an aromatic ring is 1. The van der Waals surface area contributed by atoms with Crippen molar-refractivity contribution in [1.29, 1.82) is 0 Å². The first-order valence-corrected chi connectivity index (χ1v) is 8.06. The molecule has 0 saturated carbocycles. The number of alkyl halides is 3. The number of aromatic amines is 1. The third-order valence-corrected chi connectivity index (χ3v) is 3.97. The highest BCUT2D eigenvalue weighted by molar-refractivity contribution is 6.31. The van der Waals surface area contributed by atoms with Crippen LogP contribution in [-0.2, 0) is 6.18 Å². The van der Waals surface area contributed by atoms with Gasteiger partial charge in [-0.1, -0.05) is 11.6 Å². The molecule has 0 bridgehead atoms. The highest BCUT2D eigenvalue weighted by Gasteiger charge is 2.33. The summed E-state index contributed by atoms with van der Waals surface area (Å²) in [7, 11) is 0. The summed E-state index contributed by atoms with van der Waals surface area (Å²) in [6.45, 7) is 0. The van der Waals surface area contributed by atoms with Crippen LogP contribution in [0.15, 0.2) is 42.6 Å². The van der Waals surface area contributed by atoms with Crippen LogP contribution in [0.1, 0.15) is 5.56 Å². The van der Waals surface area contributed by atoms with Gasteiger partial charge in [0.15, 0.2) is 5.95 Å². The summed E-state index contributed by atoms with van der Waals surface area (Å²) >= 11 is 5.60. The molecule has 3 aromatic rings. The first-order valence-electron chi connectivity index (χ1n) is 7.68. The number of hydrogen-bond donors (Lipinski definition) is 4. The molecule has 6 nitrogen and oxygen atoms in total. The Hall–Kier alpha value is -3.27. The average Bonchev–Trinajstić information content (AvgIpc) is 3.02. The van der Waals surface area contributed by atoms with E-state index in [1.165, 1.54) is 18.3 Å². The summed E-state index contributed by atoms with van der Waals surface area (Å²) in [6.07, 6.45) is -3.17. The van der Waals surface area contributed by atoms with Crippen molar-refractivity contribution in [3.05, 3.63) is 59.0 Å². The molecule has 0 fully saturated rings. The fraction of sp³-hybridized carbons (Fsp3) is 0.0588. The molecule has 11 heteroatoms. The first kappa shape index (κ1) is 19.5. The van der Waals surface area contributed by atoms with Crippen LogP contribution in [-0.4, -0.2) is 16.0 Å². The molecule has 2 aromatic carbocycles. The molecule has 0 aliphatic heterocycles. The lowest BCUT2D eigenvalue weighted by atomic mass is 10.1. The van der Waals surface area contributed by atoms with Gasteiger partial charge < -0.3 is 21.4 Å². The fourth-order valence-electron chi connectivity index (χ4n) is 2.38. The number of nitrogens with one attached hydrogen (secondary N) is 3. The molecule has 146 valence electrons. The summed E-state index contributed by atoms with van der Waals surface area (Å²) < 4.78 is 52.1. The van der Waals surface area contributed by atoms with Gasteiger partial charge in [-0.25, -0.2) is 14.2 Å². The maximum absolute atomic E-state index is 14.0. The van der Waals surface area contributed by atoms with Crippen LogP contribution in [0.4, 0.5) is 39.7 Å². The van der Waals surface area contributed by atoms with Crippen molar-refractivity contribution in [2.24, 2.45) is 0 Å². The number of imidazole rings is 1. The van der Waals surface area contributed by atoms with Gasteiger partial charge in [0.1, 0.15) is 5.82 Å². The van der Waals surface area contributed by atoms with Crippen molar-refractivity contribution in [3.8, 4) is 11.3 Å². The number of amides is 2. The molecular formula is C17H12ClF4N5O. The number of carbonyl (C=O) groups excluding carboxylic acids is 1. The zero-order chi connectivity index (χ0) is 20.5. The van der Waals surface area contributed by atoms with E-state index in [1.54, 1.807) is 0 Å². The van der Waals surface area contributed by atoms with E-state index in [2.05, 4.69) is 20.6 Å². The Morgan fingerprint density at radius 3 is 2.50 bits per heavy atom. The Balaban J connectivity index is 1.75. The van der Waals surface area contributed by atoms with Gasteiger partial charge in [0.2, 0.25) is 0 Å². The summed E-state index contributed by atoms with van der Waals surface area (Å²) in [5, 5.41) is 4.00. The minimum atomic E-state index is -4.61. The third kappa shape index (κ3) is 4.34. The summed E-state index contributed by atoms with van der Waals surface area (Å²) in [6, 6.07) is 5.80. The Morgan fingerprint density at radius 2 is 1.89 bits per heavy atom. The maximum Gasteiger partial charge on any atom is 0.417 e. The number of rotatable bonds is 3. The molecule has 0 spiro atoms. The standard InChI is InChI=1S/C17H12ClF4N5O/c18-11-6-9(2-3-10(11)17(20,21)22)25-16(28)27-13-5-8(1-4-12(13)19)14-7-24-15(23)26-14/h1-7H,(H3,23,24,26)(H2,25,27,28). The van der Waals surface area contributed by atoms with Crippen LogP contribution in [0.5, 0.6) is 0 Å². The molecule has 1 heterocycles. The van der Waals surface area contributed by atoms with Crippen LogP contribution < -0.4 is 16.4 Å². The second kappa shape index (κ2) is 7.39. The van der Waals surface area contributed by atoms with Gasteiger partial charge in [-0.05, 0) is 36.4 Å². The van der Waals surface area contributed by atoms with Crippen LogP contribution in [0, 0.1) is 5.82 Å². The van der Waals surface area contributed by atoms with Gasteiger partial charge in [0, 0.05) is 11.3 Å². The lowest BCUT2D eigenvalue weighted by molar-refractivity contribution is -0.137. The molecule has 28 heavy (non-hydrogen) atoms. The molecule has 0 radical (unpaired) electrons. The van der Waals surface area contributed by atoms with E-state index in [-0.39, 0.29) is 17.3 Å². The largest absolute Gasteiger partial charge is 0.417 e. The van der Waals surface area contributed by atoms with Crippen LogP contribution in [0.25, 0.3) is 11.3 Å². The Bertz CT molecular complexity index is 1030. The number of halogens is 5. The van der Waals surface area contributed by atoms with E-state index >= 15 is 0 Å². The predicted octanol–water partition coefficient (Wildman–Crippen LogP) is 5.11. The van der Waals surface area contributed by atoms with Crippen molar-refractivity contribution in [1.82, 2.24) is 9.97 Å². The number of nitrogens with zero attached hydrogens (tertiary/aromatic N) is 1. The van der Waals surface area contributed by atoms with E-state index in [4.69, 9.17) is 17.3 Å². The zero-order valence-corrected chi connectivity index (χ0v) is 14.6. The predicted molar refractivity (Wildman–Crippen MR) is 97.5 cm³/mol. The normalized spacial score (nSPS) is 11.3. The topological polar surface area (TPSA) is 95.8 Å². The summed E-state index contributed by atoms with van der Waals surface area (Å²) in [5.74, 6) is -0.539. The van der Waals surface area contributed by atoms with Gasteiger partial charge in [0.25, 0.3) is 0 Å². The van der Waals surface area contributed by atoms with Gasteiger partial charge in [0.05, 0.1) is 28.2 Å². The van der Waals surface area contributed by atoms with E-state index in [9.17, 15) is 22.4 Å². The number of carbonyl (C=O) groups is 1. The molecule has 0 aliphatic carbocycles. The lowest BCUT2D eigenvalue weighted by Gasteiger charge is -2.12. The fourth-order valence-corrected chi connectivity index (χ4v) is 2.67. The number of H-pyrrole nitrogens is 1. The van der Waals surface area contributed by atoms with E-state index in [0.717, 1.165) is 24.3 Å². The Labute approximate surface area is 160 Å². The van der Waals surface area contributed by atoms with Crippen molar-refractivity contribution in [2.75, 3.05) is 16.4 Å². The van der Waals surface area contributed by atoms with E-state index in [0.29, 0.717) is 11.3 Å². The first-order chi connectivity index (χ1) is 13.1. The quantitative estimate of drug-likeness (QED) is 0.449. The lowest BCUT2D eigenvalue weighted by Crippen LogP contribution is -2.20. The molecule has 3 rings (SSSR count). The number of urea groups is 1. The van der Waals surface area contributed by atoms with Crippen molar-refractivity contribution < 1.29 is 22.4 Å². The zero-order valence-electron chi connectivity index (χ0n) is 13.9. The monoisotopic (exact) mass is 413 g/mol. The highest BCUT2D eigenvalue weighted by Crippen LogP contribution is 2.35. The Morgan fingerprint density at radius 1 is 1.14 bits per heavy atom. The second-order valence-corrected chi connectivity index (χ2v) is 6.06. The van der Waals surface area contributed by atoms with E-state index < -0.39 is 28.6 Å². The number of anilines is 3. The minimum absolute atomic E-state index is 0.00778. The molecule has 5 N–H and O–H groups in total. The second-order valence-electron chi connectivity index (χ2n) is 5.65. The summed E-state index contributed by atoms with van der Waals surface area (Å²) in [4.78, 5) is 18.7. The van der Waals surface area contributed by atoms with Gasteiger partial charge in [-0.3, -0.25) is 0 Å². The molecule has 0 unspecified atom stereocenters. The van der Waals surface area contributed by atoms with Crippen LogP contribution >= 0.6 is 11.6 Å². The van der Waals surface area contributed by atoms with Gasteiger partial charge in [-0.15, -0.1) is 0 Å². The highest BCUT2D eigenvalue weighted by atomic mass is 35.5. The molecule has 0 atom stereocenters. The Kier molecular flexibility index (Phi) is 5.14. The molecule has 0 aliphatic rings. The van der Waals surface area contributed by atoms with Gasteiger partial charge in [-0.2, -0.15) is 13.2 Å². The SMILES string of the molecule is Nc1ncc(-c2ccc(F)c(NC(=O)Nc3ccc(C(F)(F)F)c(Cl)c3)c2)[nH]1. The number of aromatic nitrogens is 2. The number of nitrogens with two attached hydrogens (primary N) is 1. The smallest absolute Gasteiger partial charge is 0.369 e. The minimum Gasteiger partial charge on any atom is -0.369 e. The number of hydrogen-bond acceptors (Lipinski definition) is 3. The van der Waals surface area contributed by atoms with Crippen LogP contribution in [0.2, 0.25) is 5.02 Å². The molecular weight excluding hydrogens is 402 g/mol. The van der Waals surface area contributed by atoms with Crippen molar-refractivity contribution >= 4 is 35.0 Å². The number of benzene rings is 2. The van der Waals surface area contributed by atoms with Crippen molar-refractivity contribution in [3.63, 3.8) is 0 Å². The average molecular weight is 414 g/mol. The van der Waals surface area contributed by atoms with Crippen LogP contribution in [0.3, 0.4) is 0 Å². The maximum atomic E-state index is 14.0. The molecule has 2 amide bonds. The van der Waals surface area contributed by atoms with Crippen molar-refractivity contribution in [2.45, 2.75) is 6.18 Å². The summed E-state index contributed by atoms with van der Waals surface area (Å²) in [5.41, 5.74) is 5.35. The third-order valence-electron chi connectivity index (χ3n) is 3.65. The molecule has 1 aromatic heterocycles.